The van der Waals surface area contributed by atoms with E-state index in [0.29, 0.717) is 12.5 Å². The third-order valence-corrected chi connectivity index (χ3v) is 3.28. The minimum atomic E-state index is 0.476. The van der Waals surface area contributed by atoms with Crippen LogP contribution in [0.5, 0.6) is 0 Å². The number of thioether (sulfide) groups is 1. The molecule has 0 radical (unpaired) electrons. The summed E-state index contributed by atoms with van der Waals surface area (Å²) in [6, 6.07) is 1.98. The van der Waals surface area contributed by atoms with Crippen LogP contribution in [0.4, 0.5) is 0 Å². The summed E-state index contributed by atoms with van der Waals surface area (Å²) in [5.74, 6) is 3.99. The van der Waals surface area contributed by atoms with Gasteiger partial charge in [0.05, 0.1) is 5.69 Å². The molecule has 1 aromatic rings. The SMILES string of the molecule is NCc1cc(C2CCSC2)on1. The van der Waals surface area contributed by atoms with Crippen LogP contribution in [0.3, 0.4) is 0 Å². The molecule has 0 aromatic carbocycles. The van der Waals surface area contributed by atoms with Gasteiger partial charge in [-0.3, -0.25) is 0 Å². The molecule has 1 unspecified atom stereocenters. The molecule has 0 amide bonds. The number of rotatable bonds is 2. The van der Waals surface area contributed by atoms with Crippen LogP contribution in [0, 0.1) is 0 Å². The van der Waals surface area contributed by atoms with Crippen molar-refractivity contribution >= 4 is 11.8 Å². The molecule has 0 bridgehead atoms. The van der Waals surface area contributed by atoms with E-state index in [2.05, 4.69) is 5.16 Å². The van der Waals surface area contributed by atoms with Gasteiger partial charge in [-0.1, -0.05) is 5.16 Å². The first kappa shape index (κ1) is 8.13. The van der Waals surface area contributed by atoms with Gasteiger partial charge in [0.25, 0.3) is 0 Å². The number of aromatic nitrogens is 1. The molecule has 1 aromatic heterocycles. The first-order valence-electron chi connectivity index (χ1n) is 4.13. The summed E-state index contributed by atoms with van der Waals surface area (Å²) < 4.78 is 5.20. The molecular formula is C8H12N2OS. The van der Waals surface area contributed by atoms with Crippen LogP contribution in [-0.2, 0) is 6.54 Å². The summed E-state index contributed by atoms with van der Waals surface area (Å²) in [5, 5.41) is 3.87. The van der Waals surface area contributed by atoms with Crippen molar-refractivity contribution in [1.29, 1.82) is 0 Å². The molecule has 1 aliphatic rings. The molecule has 0 spiro atoms. The maximum Gasteiger partial charge on any atom is 0.140 e. The highest BCUT2D eigenvalue weighted by molar-refractivity contribution is 7.99. The van der Waals surface area contributed by atoms with Crippen molar-refractivity contribution < 1.29 is 4.52 Å². The minimum Gasteiger partial charge on any atom is -0.361 e. The largest absolute Gasteiger partial charge is 0.361 e. The highest BCUT2D eigenvalue weighted by Crippen LogP contribution is 2.32. The van der Waals surface area contributed by atoms with E-state index in [4.69, 9.17) is 10.3 Å². The Morgan fingerprint density at radius 2 is 2.67 bits per heavy atom. The average molecular weight is 184 g/mol. The van der Waals surface area contributed by atoms with Crippen molar-refractivity contribution in [3.05, 3.63) is 17.5 Å². The Morgan fingerprint density at radius 1 is 1.75 bits per heavy atom. The summed E-state index contributed by atoms with van der Waals surface area (Å²) in [6.07, 6.45) is 1.21. The predicted octanol–water partition coefficient (Wildman–Crippen LogP) is 1.35. The molecule has 12 heavy (non-hydrogen) atoms. The Balaban J connectivity index is 2.11. The lowest BCUT2D eigenvalue weighted by Gasteiger charge is -1.99. The molecule has 1 fully saturated rings. The summed E-state index contributed by atoms with van der Waals surface area (Å²) in [4.78, 5) is 0. The van der Waals surface area contributed by atoms with Gasteiger partial charge in [-0.25, -0.2) is 0 Å². The van der Waals surface area contributed by atoms with Gasteiger partial charge in [-0.05, 0) is 12.2 Å². The molecule has 0 aliphatic carbocycles. The molecule has 3 nitrogen and oxygen atoms in total. The Morgan fingerprint density at radius 3 is 3.25 bits per heavy atom. The Bertz CT molecular complexity index is 255. The number of nitrogens with zero attached hydrogens (tertiary/aromatic N) is 1. The van der Waals surface area contributed by atoms with Gasteiger partial charge >= 0.3 is 0 Å². The zero-order valence-electron chi connectivity index (χ0n) is 6.82. The van der Waals surface area contributed by atoms with Crippen LogP contribution < -0.4 is 5.73 Å². The normalized spacial score (nSPS) is 23.2. The topological polar surface area (TPSA) is 52.0 Å². The molecule has 1 atom stereocenters. The van der Waals surface area contributed by atoms with Gasteiger partial charge in [-0.15, -0.1) is 0 Å². The second-order valence-electron chi connectivity index (χ2n) is 2.99. The molecule has 1 aliphatic heterocycles. The molecular weight excluding hydrogens is 172 g/mol. The van der Waals surface area contributed by atoms with Gasteiger partial charge in [-0.2, -0.15) is 11.8 Å². The fraction of sp³-hybridized carbons (Fsp3) is 0.625. The lowest BCUT2D eigenvalue weighted by Crippen LogP contribution is -1.96. The average Bonchev–Trinajstić information content (AvgIpc) is 2.75. The first-order valence-corrected chi connectivity index (χ1v) is 5.29. The van der Waals surface area contributed by atoms with Crippen molar-refractivity contribution in [3.8, 4) is 0 Å². The number of hydrogen-bond acceptors (Lipinski definition) is 4. The Kier molecular flexibility index (Phi) is 2.37. The van der Waals surface area contributed by atoms with E-state index in [9.17, 15) is 0 Å². The van der Waals surface area contributed by atoms with E-state index < -0.39 is 0 Å². The maximum absolute atomic E-state index is 5.43. The monoisotopic (exact) mass is 184 g/mol. The van der Waals surface area contributed by atoms with Gasteiger partial charge in [0.15, 0.2) is 0 Å². The highest BCUT2D eigenvalue weighted by Gasteiger charge is 2.21. The summed E-state index contributed by atoms with van der Waals surface area (Å²) >= 11 is 1.97. The quantitative estimate of drug-likeness (QED) is 0.754. The van der Waals surface area contributed by atoms with Crippen molar-refractivity contribution in [2.75, 3.05) is 11.5 Å². The number of hydrogen-bond donors (Lipinski definition) is 1. The fourth-order valence-electron chi connectivity index (χ4n) is 1.38. The summed E-state index contributed by atoms with van der Waals surface area (Å²) in [7, 11) is 0. The van der Waals surface area contributed by atoms with Crippen molar-refractivity contribution in [2.45, 2.75) is 18.9 Å². The van der Waals surface area contributed by atoms with Crippen molar-refractivity contribution in [3.63, 3.8) is 0 Å². The van der Waals surface area contributed by atoms with Crippen LogP contribution in [0.25, 0.3) is 0 Å². The maximum atomic E-state index is 5.43. The van der Waals surface area contributed by atoms with Gasteiger partial charge < -0.3 is 10.3 Å². The van der Waals surface area contributed by atoms with Gasteiger partial charge in [0.2, 0.25) is 0 Å². The first-order chi connectivity index (χ1) is 5.90. The third kappa shape index (κ3) is 1.49. The van der Waals surface area contributed by atoms with E-state index in [1.807, 2.05) is 17.8 Å². The van der Waals surface area contributed by atoms with Crippen LogP contribution in [0.2, 0.25) is 0 Å². The van der Waals surface area contributed by atoms with E-state index in [1.165, 1.54) is 17.9 Å². The minimum absolute atomic E-state index is 0.476. The van der Waals surface area contributed by atoms with Crippen molar-refractivity contribution in [1.82, 2.24) is 5.16 Å². The fourth-order valence-corrected chi connectivity index (χ4v) is 2.61. The van der Waals surface area contributed by atoms with Crippen LogP contribution in [0.15, 0.2) is 10.6 Å². The number of nitrogens with two attached hydrogens (primary N) is 1. The standard InChI is InChI=1S/C8H12N2OS/c9-4-7-3-8(11-10-7)6-1-2-12-5-6/h3,6H,1-2,4-5,9H2. The second kappa shape index (κ2) is 3.49. The summed E-state index contributed by atoms with van der Waals surface area (Å²) in [5.41, 5.74) is 6.30. The predicted molar refractivity (Wildman–Crippen MR) is 49.1 cm³/mol. The lowest BCUT2D eigenvalue weighted by molar-refractivity contribution is 0.362. The van der Waals surface area contributed by atoms with Crippen LogP contribution in [0.1, 0.15) is 23.8 Å². The van der Waals surface area contributed by atoms with E-state index >= 15 is 0 Å². The molecule has 2 N–H and O–H groups in total. The Labute approximate surface area is 75.7 Å². The van der Waals surface area contributed by atoms with Crippen LogP contribution >= 0.6 is 11.8 Å². The van der Waals surface area contributed by atoms with E-state index in [-0.39, 0.29) is 0 Å². The highest BCUT2D eigenvalue weighted by atomic mass is 32.2. The smallest absolute Gasteiger partial charge is 0.140 e. The second-order valence-corrected chi connectivity index (χ2v) is 4.14. The zero-order valence-corrected chi connectivity index (χ0v) is 7.64. The molecule has 1 saturated heterocycles. The van der Waals surface area contributed by atoms with Gasteiger partial charge in [0.1, 0.15) is 5.76 Å². The van der Waals surface area contributed by atoms with E-state index in [1.54, 1.807) is 0 Å². The molecule has 4 heteroatoms. The van der Waals surface area contributed by atoms with Crippen molar-refractivity contribution in [2.24, 2.45) is 5.73 Å². The third-order valence-electron chi connectivity index (χ3n) is 2.12. The molecule has 0 saturated carbocycles. The lowest BCUT2D eigenvalue weighted by atomic mass is 10.1. The van der Waals surface area contributed by atoms with Crippen LogP contribution in [-0.4, -0.2) is 16.7 Å². The van der Waals surface area contributed by atoms with E-state index in [0.717, 1.165) is 11.5 Å². The zero-order chi connectivity index (χ0) is 8.39. The summed E-state index contributed by atoms with van der Waals surface area (Å²) in [6.45, 7) is 0.476. The molecule has 2 rings (SSSR count). The Hall–Kier alpha value is -0.480. The molecule has 66 valence electrons. The molecule has 2 heterocycles. The van der Waals surface area contributed by atoms with Gasteiger partial charge in [0, 0.05) is 24.3 Å².